The van der Waals surface area contributed by atoms with Crippen molar-refractivity contribution in [3.05, 3.63) is 35.4 Å². The number of aryl methyl sites for hydroxylation is 1. The molecule has 0 spiro atoms. The Labute approximate surface area is 608 Å². The van der Waals surface area contributed by atoms with Crippen LogP contribution in [0.4, 0.5) is 19.2 Å². The Morgan fingerprint density at radius 2 is 0.865 bits per heavy atom. The van der Waals surface area contributed by atoms with Crippen molar-refractivity contribution in [1.29, 1.82) is 0 Å². The van der Waals surface area contributed by atoms with Gasteiger partial charge < -0.3 is 113 Å². The molecule has 0 radical (unpaired) electrons. The third-order valence-electron chi connectivity index (χ3n) is 10.4. The molecule has 0 aliphatic carbocycles. The monoisotopic (exact) mass is 1410 g/mol. The number of hydrogen-bond acceptors (Lipinski definition) is 27. The van der Waals surface area contributed by atoms with Gasteiger partial charge in [-0.05, 0) is 151 Å². The van der Waals surface area contributed by atoms with Gasteiger partial charge in [0.1, 0.15) is 35.1 Å². The number of aliphatic carboxylic acids is 1. The molecule has 32 nitrogen and oxygen atoms in total. The Bertz CT molecular complexity index is 2470. The first-order valence-electron chi connectivity index (χ1n) is 29.8. The van der Waals surface area contributed by atoms with E-state index in [2.05, 4.69) is 35.5 Å². The minimum Gasteiger partial charge on any atom is -0.850 e. The molecule has 0 saturated carbocycles. The Balaban J connectivity index is -0.000000362. The molecule has 554 valence electrons. The zero-order chi connectivity index (χ0) is 75.6. The quantitative estimate of drug-likeness (QED) is 0.0724. The molecule has 3 rings (SSSR count). The summed E-state index contributed by atoms with van der Waals surface area (Å²) in [5.74, 6) is -6.20. The Morgan fingerprint density at radius 1 is 0.552 bits per heavy atom. The molecule has 2 saturated heterocycles. The summed E-state index contributed by atoms with van der Waals surface area (Å²) in [6.45, 7) is 39.0. The molecule has 0 bridgehead atoms. The summed E-state index contributed by atoms with van der Waals surface area (Å²) in [6, 6.07) is 2.82. The number of nitrogens with one attached hydrogen (secondary N) is 4. The number of carboxylic acid groups (broad SMARTS) is 1. The molecule has 4 amide bonds. The second-order valence-electron chi connectivity index (χ2n) is 27.4. The van der Waals surface area contributed by atoms with Gasteiger partial charge in [0.05, 0.1) is 70.4 Å². The van der Waals surface area contributed by atoms with E-state index in [4.69, 9.17) is 62.7 Å². The second kappa shape index (κ2) is 45.5. The van der Waals surface area contributed by atoms with E-state index >= 15 is 0 Å². The number of rotatable bonds is 14. The van der Waals surface area contributed by atoms with Crippen molar-refractivity contribution in [3.8, 4) is 0 Å². The molecule has 2 aliphatic rings. The summed E-state index contributed by atoms with van der Waals surface area (Å²) >= 11 is 0. The fraction of sp³-hybridized carbons (Fsp3) is 0.762. The van der Waals surface area contributed by atoms with Gasteiger partial charge in [-0.3, -0.25) is 0 Å². The van der Waals surface area contributed by atoms with Gasteiger partial charge in [-0.25, -0.2) is 43.2 Å². The smallest absolute Gasteiger partial charge is 0.850 e. The van der Waals surface area contributed by atoms with Crippen LogP contribution in [0.1, 0.15) is 168 Å². The van der Waals surface area contributed by atoms with E-state index in [1.807, 2.05) is 27.7 Å². The molecule has 1 aromatic carbocycles. The number of amides is 4. The van der Waals surface area contributed by atoms with Gasteiger partial charge in [0.15, 0.2) is 36.0 Å². The van der Waals surface area contributed by atoms with Crippen molar-refractivity contribution in [2.24, 2.45) is 0 Å². The van der Waals surface area contributed by atoms with Crippen LogP contribution in [0.15, 0.2) is 24.3 Å². The normalized spacial score (nSPS) is 18.3. The number of carbonyl (C=O) groups excluding carboxylic acids is 8. The molecular weight excluding hydrogens is 1300 g/mol. The van der Waals surface area contributed by atoms with Crippen molar-refractivity contribution < 1.29 is 187 Å². The summed E-state index contributed by atoms with van der Waals surface area (Å²) in [5.41, 5.74) is -2.19. The van der Waals surface area contributed by atoms with Crippen LogP contribution in [0.2, 0.25) is 0 Å². The SMILES string of the molecule is CC(C)(C)OC(=O)N[C@@H]1COC(C)(C)O[C@@H]1C(=O)O.CC(C)(C)[O-].CO.COC(=O)[C@@H](O)[C@@H](CO)NC(=O)OC(C)(C)C.COC(=O)[C@@H](O)[C@@H](COC(=O)c1ccc(C)cc1)NC(=O)OC(C)(C)C.COC(=O)[C@H]1OC(C)(C)OC[C@H]1NC(=O)OC(C)(C)C.COC(C)(C)C.[K+]. The number of carbonyl (C=O) groups is 9. The van der Waals surface area contributed by atoms with Crippen LogP contribution in [-0.2, 0) is 80.8 Å². The zero-order valence-electron chi connectivity index (χ0n) is 61.9. The molecule has 2 fully saturated rings. The first-order chi connectivity index (χ1) is 42.8. The van der Waals surface area contributed by atoms with Crippen molar-refractivity contribution in [1.82, 2.24) is 21.3 Å². The molecular formula is C63H113KN4O28. The van der Waals surface area contributed by atoms with E-state index in [0.717, 1.165) is 26.9 Å². The average molecular weight is 1410 g/mol. The van der Waals surface area contributed by atoms with Crippen LogP contribution in [-0.4, -0.2) is 235 Å². The van der Waals surface area contributed by atoms with E-state index < -0.39 is 156 Å². The van der Waals surface area contributed by atoms with Gasteiger partial charge in [-0.1, -0.05) is 38.5 Å². The Morgan fingerprint density at radius 3 is 1.17 bits per heavy atom. The number of methoxy groups -OCH3 is 4. The molecule has 0 unspecified atom stereocenters. The van der Waals surface area contributed by atoms with Gasteiger partial charge in [0.25, 0.3) is 0 Å². The van der Waals surface area contributed by atoms with E-state index in [-0.39, 0.29) is 70.2 Å². The third kappa shape index (κ3) is 52.0. The first kappa shape index (κ1) is 99.5. The zero-order valence-corrected chi connectivity index (χ0v) is 65.0. The molecule has 8 atom stereocenters. The maximum absolute atomic E-state index is 12.1. The van der Waals surface area contributed by atoms with E-state index in [1.165, 1.54) is 7.11 Å². The van der Waals surface area contributed by atoms with Gasteiger partial charge in [-0.2, -0.15) is 0 Å². The fourth-order valence-electron chi connectivity index (χ4n) is 6.17. The first-order valence-corrected chi connectivity index (χ1v) is 29.8. The third-order valence-corrected chi connectivity index (χ3v) is 10.4. The summed E-state index contributed by atoms with van der Waals surface area (Å²) in [4.78, 5) is 104. The number of carboxylic acids is 1. The maximum Gasteiger partial charge on any atom is 1.00 e. The molecule has 1 aromatic rings. The van der Waals surface area contributed by atoms with Gasteiger partial charge in [-0.15, -0.1) is 5.60 Å². The van der Waals surface area contributed by atoms with Crippen LogP contribution in [0.3, 0.4) is 0 Å². The predicted molar refractivity (Wildman–Crippen MR) is 341 cm³/mol. The minimum absolute atomic E-state index is 0. The van der Waals surface area contributed by atoms with Crippen molar-refractivity contribution in [2.75, 3.05) is 62.0 Å². The van der Waals surface area contributed by atoms with Crippen molar-refractivity contribution in [2.45, 2.75) is 253 Å². The average Bonchev–Trinajstić information content (AvgIpc) is 0.837. The van der Waals surface area contributed by atoms with Gasteiger partial charge in [0.2, 0.25) is 0 Å². The summed E-state index contributed by atoms with van der Waals surface area (Å²) in [7, 11) is 6.15. The number of alkyl carbamates (subject to hydrolysis) is 4. The summed E-state index contributed by atoms with van der Waals surface area (Å²) in [5, 5.41) is 64.1. The van der Waals surface area contributed by atoms with Crippen molar-refractivity contribution in [3.63, 3.8) is 0 Å². The fourth-order valence-corrected chi connectivity index (χ4v) is 6.17. The number of aliphatic hydroxyl groups is 4. The molecule has 9 N–H and O–H groups in total. The molecule has 2 aliphatic heterocycles. The molecule has 0 aromatic heterocycles. The van der Waals surface area contributed by atoms with Crippen LogP contribution in [0, 0.1) is 6.92 Å². The minimum atomic E-state index is -1.72. The van der Waals surface area contributed by atoms with E-state index in [0.29, 0.717) is 5.56 Å². The maximum atomic E-state index is 12.1. The van der Waals surface area contributed by atoms with Crippen LogP contribution >= 0.6 is 0 Å². The van der Waals surface area contributed by atoms with E-state index in [9.17, 15) is 58.5 Å². The standard InChI is InChI=1S/C18H25NO7.C13H23NO6.C12H21NO6.C10H19NO6.C5H12O.C4H9O.CH4O.K/c1-11-6-8-12(9-7-11)15(21)25-10-13(14(20)16(22)24-5)19-17(23)26-18(2,3)4;1-12(2,3)20-11(16)14-8-7-18-13(4,5)19-9(8)10(15)17-6;1-11(2,3)19-10(16)13-7-6-17-12(4,5)18-8(7)9(14)15;1-10(2,3)17-9(15)11-6(5-12)7(13)8(14)16-4;1-5(2,3)6-4;1-4(2,3)5;1-2;/h6-9,13-14,20H,10H2,1-5H3,(H,19,23);8-9H,7H2,1-6H3,(H,14,16);7-8H,6H2,1-5H3,(H,13,16)(H,14,15);6-7,12-13H,5H2,1-4H3,(H,11,15);1-4H3;1-3H3;2H,1H3;/q;;;;;-1;;+1/t13-,14+;8-,9+;7-,8+;6-,7+;;;;/m1111..../s1. The van der Waals surface area contributed by atoms with Crippen LogP contribution in [0.5, 0.6) is 0 Å². The van der Waals surface area contributed by atoms with Gasteiger partial charge >= 0.3 is 106 Å². The molecule has 96 heavy (non-hydrogen) atoms. The molecule has 2 heterocycles. The van der Waals surface area contributed by atoms with Gasteiger partial charge in [0, 0.05) is 14.2 Å². The summed E-state index contributed by atoms with van der Waals surface area (Å²) in [6.07, 6.45) is -8.50. The number of esters is 4. The number of benzene rings is 1. The van der Waals surface area contributed by atoms with Crippen molar-refractivity contribution >= 4 is 54.2 Å². The number of hydrogen-bond donors (Lipinski definition) is 9. The summed E-state index contributed by atoms with van der Waals surface area (Å²) < 4.78 is 65.2. The number of aliphatic hydroxyl groups excluding tert-OH is 4. The largest absolute Gasteiger partial charge is 1.00 e. The van der Waals surface area contributed by atoms with Crippen LogP contribution in [0.25, 0.3) is 0 Å². The van der Waals surface area contributed by atoms with E-state index in [1.54, 1.807) is 163 Å². The Hall–Kier alpha value is -5.11. The second-order valence-corrected chi connectivity index (χ2v) is 27.4. The predicted octanol–water partition coefficient (Wildman–Crippen LogP) is 1.49. The number of ether oxygens (including phenoxy) is 13. The van der Waals surface area contributed by atoms with Crippen LogP contribution < -0.4 is 77.8 Å². The topological polar surface area (TPSA) is 446 Å². The Kier molecular flexibility index (Phi) is 47.2. The molecule has 33 heteroatoms.